The van der Waals surface area contributed by atoms with Crippen LogP contribution in [0.5, 0.6) is 0 Å². The summed E-state index contributed by atoms with van der Waals surface area (Å²) >= 11 is 0. The highest BCUT2D eigenvalue weighted by atomic mass is 15.1. The first-order valence-electron chi connectivity index (χ1n) is 7.12. The first-order valence-corrected chi connectivity index (χ1v) is 7.12. The zero-order valence-corrected chi connectivity index (χ0v) is 11.2. The largest absolute Gasteiger partial charge is 0.384 e. The lowest BCUT2D eigenvalue weighted by atomic mass is 9.88. The van der Waals surface area contributed by atoms with Crippen molar-refractivity contribution in [2.24, 2.45) is 0 Å². The highest BCUT2D eigenvalue weighted by Gasteiger charge is 2.23. The molecule has 0 saturated heterocycles. The smallest absolute Gasteiger partial charge is 0.126 e. The minimum absolute atomic E-state index is 0.651. The molecule has 0 unspecified atom stereocenters. The van der Waals surface area contributed by atoms with Crippen LogP contribution in [0.25, 0.3) is 0 Å². The van der Waals surface area contributed by atoms with Gasteiger partial charge in [-0.2, -0.15) is 0 Å². The summed E-state index contributed by atoms with van der Waals surface area (Å²) in [6, 6.07) is 0. The molecule has 1 aliphatic rings. The van der Waals surface area contributed by atoms with E-state index in [0.717, 1.165) is 30.9 Å². The normalized spacial score (nSPS) is 17.5. The van der Waals surface area contributed by atoms with Crippen molar-refractivity contribution >= 4 is 5.82 Å². The van der Waals surface area contributed by atoms with Crippen LogP contribution in [0.1, 0.15) is 69.8 Å². The number of rotatable bonds is 4. The van der Waals surface area contributed by atoms with Gasteiger partial charge < -0.3 is 10.3 Å². The molecule has 3 heteroatoms. The molecule has 1 aromatic rings. The molecule has 0 radical (unpaired) electrons. The molecule has 0 amide bonds. The standard InChI is InChI=1S/C14H25N3/c1-3-10-17-13(15)12(4-2)16-14(17)11-8-6-5-7-9-11/h11H,3-10,15H2,1-2H3. The number of imidazole rings is 1. The number of anilines is 1. The van der Waals surface area contributed by atoms with Gasteiger partial charge in [0.2, 0.25) is 0 Å². The first-order chi connectivity index (χ1) is 8.27. The zero-order valence-electron chi connectivity index (χ0n) is 11.2. The van der Waals surface area contributed by atoms with Gasteiger partial charge in [0, 0.05) is 12.5 Å². The molecule has 0 aliphatic heterocycles. The molecule has 1 saturated carbocycles. The Balaban J connectivity index is 2.29. The van der Waals surface area contributed by atoms with Gasteiger partial charge in [0.25, 0.3) is 0 Å². The van der Waals surface area contributed by atoms with E-state index in [-0.39, 0.29) is 0 Å². The molecule has 0 atom stereocenters. The quantitative estimate of drug-likeness (QED) is 0.868. The maximum atomic E-state index is 6.21. The van der Waals surface area contributed by atoms with E-state index in [1.165, 1.54) is 37.9 Å². The third-order valence-corrected chi connectivity index (χ3v) is 3.86. The maximum Gasteiger partial charge on any atom is 0.126 e. The predicted octanol–water partition coefficient (Wildman–Crippen LogP) is 3.49. The number of nitrogens with two attached hydrogens (primary N) is 1. The fourth-order valence-electron chi connectivity index (χ4n) is 2.93. The van der Waals surface area contributed by atoms with Crippen molar-refractivity contribution in [3.63, 3.8) is 0 Å². The topological polar surface area (TPSA) is 43.8 Å². The molecule has 1 fully saturated rings. The molecule has 96 valence electrons. The Hall–Kier alpha value is -0.990. The molecule has 17 heavy (non-hydrogen) atoms. The average molecular weight is 235 g/mol. The Morgan fingerprint density at radius 2 is 1.94 bits per heavy atom. The van der Waals surface area contributed by atoms with Gasteiger partial charge >= 0.3 is 0 Å². The summed E-state index contributed by atoms with van der Waals surface area (Å²) in [6.45, 7) is 5.36. The molecule has 0 aromatic carbocycles. The lowest BCUT2D eigenvalue weighted by Crippen LogP contribution is -2.13. The summed E-state index contributed by atoms with van der Waals surface area (Å²) in [7, 11) is 0. The van der Waals surface area contributed by atoms with Crippen molar-refractivity contribution in [2.75, 3.05) is 5.73 Å². The summed E-state index contributed by atoms with van der Waals surface area (Å²) in [5, 5.41) is 0. The maximum absolute atomic E-state index is 6.21. The number of aromatic nitrogens is 2. The van der Waals surface area contributed by atoms with Gasteiger partial charge in [0.15, 0.2) is 0 Å². The van der Waals surface area contributed by atoms with Crippen molar-refractivity contribution in [2.45, 2.75) is 71.3 Å². The van der Waals surface area contributed by atoms with E-state index in [0.29, 0.717) is 5.92 Å². The van der Waals surface area contributed by atoms with Gasteiger partial charge in [-0.1, -0.05) is 33.1 Å². The van der Waals surface area contributed by atoms with Gasteiger partial charge in [-0.25, -0.2) is 4.98 Å². The van der Waals surface area contributed by atoms with Crippen LogP contribution in [0.3, 0.4) is 0 Å². The first kappa shape index (κ1) is 12.5. The van der Waals surface area contributed by atoms with E-state index in [9.17, 15) is 0 Å². The molecule has 3 nitrogen and oxygen atoms in total. The monoisotopic (exact) mass is 235 g/mol. The zero-order chi connectivity index (χ0) is 12.3. The molecule has 2 rings (SSSR count). The highest BCUT2D eigenvalue weighted by molar-refractivity contribution is 5.39. The lowest BCUT2D eigenvalue weighted by Gasteiger charge is -2.22. The second kappa shape index (κ2) is 5.56. The fourth-order valence-corrected chi connectivity index (χ4v) is 2.93. The molecule has 1 aliphatic carbocycles. The lowest BCUT2D eigenvalue weighted by molar-refractivity contribution is 0.415. The number of hydrogen-bond donors (Lipinski definition) is 1. The van der Waals surface area contributed by atoms with E-state index < -0.39 is 0 Å². The van der Waals surface area contributed by atoms with Gasteiger partial charge in [-0.05, 0) is 25.7 Å². The van der Waals surface area contributed by atoms with E-state index >= 15 is 0 Å². The summed E-state index contributed by atoms with van der Waals surface area (Å²) in [5.74, 6) is 2.83. The predicted molar refractivity (Wildman–Crippen MR) is 72.1 cm³/mol. The van der Waals surface area contributed by atoms with Crippen molar-refractivity contribution in [1.82, 2.24) is 9.55 Å². The average Bonchev–Trinajstić information content (AvgIpc) is 2.69. The van der Waals surface area contributed by atoms with Crippen molar-refractivity contribution in [3.05, 3.63) is 11.5 Å². The molecule has 0 spiro atoms. The number of nitrogens with zero attached hydrogens (tertiary/aromatic N) is 2. The fraction of sp³-hybridized carbons (Fsp3) is 0.786. The van der Waals surface area contributed by atoms with Gasteiger partial charge in [-0.3, -0.25) is 0 Å². The Kier molecular flexibility index (Phi) is 4.08. The molecular weight excluding hydrogens is 210 g/mol. The second-order valence-corrected chi connectivity index (χ2v) is 5.14. The number of nitrogen functional groups attached to an aromatic ring is 1. The van der Waals surface area contributed by atoms with Crippen LogP contribution in [0.4, 0.5) is 5.82 Å². The summed E-state index contributed by atoms with van der Waals surface area (Å²) < 4.78 is 2.27. The van der Waals surface area contributed by atoms with Crippen molar-refractivity contribution < 1.29 is 0 Å². The number of aryl methyl sites for hydroxylation is 1. The molecule has 2 N–H and O–H groups in total. The van der Waals surface area contributed by atoms with E-state index in [2.05, 4.69) is 18.4 Å². The summed E-state index contributed by atoms with van der Waals surface area (Å²) in [6.07, 6.45) is 8.76. The second-order valence-electron chi connectivity index (χ2n) is 5.14. The summed E-state index contributed by atoms with van der Waals surface area (Å²) in [5.41, 5.74) is 7.30. The van der Waals surface area contributed by atoms with Gasteiger partial charge in [0.05, 0.1) is 5.69 Å². The SMILES string of the molecule is CCCn1c(C2CCCCC2)nc(CC)c1N. The molecular formula is C14H25N3. The van der Waals surface area contributed by atoms with Crippen molar-refractivity contribution in [3.8, 4) is 0 Å². The molecule has 1 heterocycles. The van der Waals surface area contributed by atoms with E-state index in [1.54, 1.807) is 0 Å². The minimum Gasteiger partial charge on any atom is -0.384 e. The number of hydrogen-bond acceptors (Lipinski definition) is 2. The minimum atomic E-state index is 0.651. The Bertz CT molecular complexity index is 362. The van der Waals surface area contributed by atoms with Crippen LogP contribution >= 0.6 is 0 Å². The van der Waals surface area contributed by atoms with Crippen molar-refractivity contribution in [1.29, 1.82) is 0 Å². The van der Waals surface area contributed by atoms with Crippen LogP contribution in [0.15, 0.2) is 0 Å². The summed E-state index contributed by atoms with van der Waals surface area (Å²) in [4.78, 5) is 4.81. The van der Waals surface area contributed by atoms with Crippen LogP contribution in [0, 0.1) is 0 Å². The van der Waals surface area contributed by atoms with Crippen LogP contribution in [-0.4, -0.2) is 9.55 Å². The van der Waals surface area contributed by atoms with Gasteiger partial charge in [0.1, 0.15) is 11.6 Å². The third-order valence-electron chi connectivity index (χ3n) is 3.86. The Morgan fingerprint density at radius 3 is 2.53 bits per heavy atom. The van der Waals surface area contributed by atoms with Crippen LogP contribution in [0.2, 0.25) is 0 Å². The third kappa shape index (κ3) is 2.48. The van der Waals surface area contributed by atoms with Crippen LogP contribution in [-0.2, 0) is 13.0 Å². The van der Waals surface area contributed by atoms with Gasteiger partial charge in [-0.15, -0.1) is 0 Å². The Morgan fingerprint density at radius 1 is 1.24 bits per heavy atom. The van der Waals surface area contributed by atoms with E-state index in [4.69, 9.17) is 10.7 Å². The highest BCUT2D eigenvalue weighted by Crippen LogP contribution is 2.34. The van der Waals surface area contributed by atoms with E-state index in [1.807, 2.05) is 0 Å². The Labute approximate surface area is 104 Å². The van der Waals surface area contributed by atoms with Crippen LogP contribution < -0.4 is 5.73 Å². The molecule has 0 bridgehead atoms. The molecule has 1 aromatic heterocycles.